The molecule has 1 atom stereocenters. The number of piperidine rings is 1. The predicted molar refractivity (Wildman–Crippen MR) is 98.5 cm³/mol. The third kappa shape index (κ3) is 3.12. The van der Waals surface area contributed by atoms with Crippen molar-refractivity contribution in [1.29, 1.82) is 0 Å². The molecule has 0 aliphatic carbocycles. The van der Waals surface area contributed by atoms with Gasteiger partial charge in [-0.3, -0.25) is 4.79 Å². The van der Waals surface area contributed by atoms with Gasteiger partial charge in [0.2, 0.25) is 0 Å². The van der Waals surface area contributed by atoms with Crippen LogP contribution in [0.3, 0.4) is 0 Å². The highest BCUT2D eigenvalue weighted by Gasteiger charge is 2.24. The van der Waals surface area contributed by atoms with Crippen LogP contribution >= 0.6 is 0 Å². The van der Waals surface area contributed by atoms with Crippen molar-refractivity contribution in [1.82, 2.24) is 29.4 Å². The van der Waals surface area contributed by atoms with Crippen LogP contribution in [0.4, 0.5) is 11.6 Å². The molecule has 0 amide bonds. The summed E-state index contributed by atoms with van der Waals surface area (Å²) in [6.45, 7) is 3.63. The Balaban J connectivity index is 1.56. The van der Waals surface area contributed by atoms with Gasteiger partial charge in [-0.25, -0.2) is 9.67 Å². The molecule has 0 bridgehead atoms. The number of hydrogen-bond donors (Lipinski definition) is 1. The van der Waals surface area contributed by atoms with E-state index in [1.807, 2.05) is 19.1 Å². The molecule has 9 heteroatoms. The van der Waals surface area contributed by atoms with E-state index >= 15 is 0 Å². The van der Waals surface area contributed by atoms with Crippen molar-refractivity contribution in [2.24, 2.45) is 7.05 Å². The number of anilines is 2. The van der Waals surface area contributed by atoms with Gasteiger partial charge in [0.25, 0.3) is 11.3 Å². The van der Waals surface area contributed by atoms with E-state index in [0.717, 1.165) is 43.3 Å². The predicted octanol–water partition coefficient (Wildman–Crippen LogP) is 0.997. The average molecular weight is 354 g/mol. The van der Waals surface area contributed by atoms with Gasteiger partial charge in [-0.2, -0.15) is 19.7 Å². The minimum absolute atomic E-state index is 0.0960. The third-order valence-corrected chi connectivity index (χ3v) is 4.77. The van der Waals surface area contributed by atoms with Crippen LogP contribution in [0.2, 0.25) is 0 Å². The van der Waals surface area contributed by atoms with E-state index in [2.05, 4.69) is 30.4 Å². The van der Waals surface area contributed by atoms with Gasteiger partial charge in [-0.1, -0.05) is 0 Å². The fourth-order valence-electron chi connectivity index (χ4n) is 3.44. The van der Waals surface area contributed by atoms with E-state index in [-0.39, 0.29) is 5.56 Å². The lowest BCUT2D eigenvalue weighted by Crippen LogP contribution is -2.45. The Bertz CT molecular complexity index is 978. The van der Waals surface area contributed by atoms with Crippen LogP contribution in [-0.4, -0.2) is 48.5 Å². The molecule has 136 valence electrons. The van der Waals surface area contributed by atoms with Gasteiger partial charge in [0.15, 0.2) is 0 Å². The minimum Gasteiger partial charge on any atom is -0.368 e. The van der Waals surface area contributed by atoms with Crippen molar-refractivity contribution in [3.05, 3.63) is 40.6 Å². The number of fused-ring (bicyclic) bond motifs is 1. The summed E-state index contributed by atoms with van der Waals surface area (Å²) in [4.78, 5) is 22.4. The summed E-state index contributed by atoms with van der Waals surface area (Å²) in [5.41, 5.74) is 0.800. The first-order chi connectivity index (χ1) is 12.6. The average Bonchev–Trinajstić information content (AvgIpc) is 3.10. The van der Waals surface area contributed by atoms with Crippen LogP contribution in [0.5, 0.6) is 0 Å². The molecule has 1 unspecified atom stereocenters. The van der Waals surface area contributed by atoms with Crippen LogP contribution in [-0.2, 0) is 7.05 Å². The van der Waals surface area contributed by atoms with Crippen LogP contribution in [0, 0.1) is 6.92 Å². The molecule has 0 radical (unpaired) electrons. The quantitative estimate of drug-likeness (QED) is 0.747. The smallest absolute Gasteiger partial charge is 0.266 e. The van der Waals surface area contributed by atoms with Crippen molar-refractivity contribution in [3.8, 4) is 0 Å². The molecule has 4 heterocycles. The second-order valence-electron chi connectivity index (χ2n) is 6.63. The zero-order chi connectivity index (χ0) is 18.1. The lowest BCUT2D eigenvalue weighted by atomic mass is 10.0. The Kier molecular flexibility index (Phi) is 4.27. The second kappa shape index (κ2) is 6.74. The lowest BCUT2D eigenvalue weighted by Gasteiger charge is -2.36. The Morgan fingerprint density at radius 3 is 3.04 bits per heavy atom. The summed E-state index contributed by atoms with van der Waals surface area (Å²) in [5.74, 6) is 2.31. The largest absolute Gasteiger partial charge is 0.368 e. The number of hydrogen-bond acceptors (Lipinski definition) is 7. The van der Waals surface area contributed by atoms with Crippen molar-refractivity contribution in [2.45, 2.75) is 32.2 Å². The molecule has 1 fully saturated rings. The fraction of sp³-hybridized carbons (Fsp3) is 0.471. The first-order valence-electron chi connectivity index (χ1n) is 8.84. The number of aryl methyl sites for hydroxylation is 2. The van der Waals surface area contributed by atoms with Crippen molar-refractivity contribution in [2.75, 3.05) is 23.3 Å². The van der Waals surface area contributed by atoms with Crippen LogP contribution < -0.4 is 15.8 Å². The summed E-state index contributed by atoms with van der Waals surface area (Å²) in [5, 5.41) is 12.2. The molecule has 0 aromatic carbocycles. The third-order valence-electron chi connectivity index (χ3n) is 4.77. The Morgan fingerprint density at radius 2 is 2.19 bits per heavy atom. The normalized spacial score (nSPS) is 17.6. The Hall–Kier alpha value is -2.97. The van der Waals surface area contributed by atoms with Crippen molar-refractivity contribution < 1.29 is 0 Å². The topological polar surface area (TPSA) is 93.2 Å². The van der Waals surface area contributed by atoms with Crippen LogP contribution in [0.1, 0.15) is 25.0 Å². The molecular weight excluding hydrogens is 332 g/mol. The molecule has 26 heavy (non-hydrogen) atoms. The molecular formula is C17H22N8O. The van der Waals surface area contributed by atoms with Gasteiger partial charge in [0.1, 0.15) is 18.0 Å². The maximum atomic E-state index is 11.6. The van der Waals surface area contributed by atoms with E-state index in [1.165, 1.54) is 17.4 Å². The maximum Gasteiger partial charge on any atom is 0.266 e. The van der Waals surface area contributed by atoms with Gasteiger partial charge in [0, 0.05) is 44.0 Å². The molecule has 0 saturated carbocycles. The number of nitrogens with zero attached hydrogens (tertiary/aromatic N) is 7. The van der Waals surface area contributed by atoms with Crippen molar-refractivity contribution >= 4 is 17.4 Å². The SMILES string of the molecule is Cc1cc(NCC2CCCCN2c2ccc(=O)n(C)n2)n2ncnc2n1. The minimum atomic E-state index is -0.0960. The standard InChI is InChI=1S/C17H22N8O/c1-12-9-15(25-17(21-12)19-11-20-25)18-10-13-5-3-4-8-24(13)14-6-7-16(26)23(2)22-14/h6-7,9,11,13,18H,3-5,8,10H2,1-2H3. The molecule has 1 aliphatic heterocycles. The van der Waals surface area contributed by atoms with Crippen LogP contribution in [0.15, 0.2) is 29.3 Å². The zero-order valence-electron chi connectivity index (χ0n) is 15.0. The van der Waals surface area contributed by atoms with E-state index in [4.69, 9.17) is 0 Å². The highest BCUT2D eigenvalue weighted by atomic mass is 16.1. The number of nitrogens with one attached hydrogen (secondary N) is 1. The molecule has 1 saturated heterocycles. The number of aromatic nitrogens is 6. The Morgan fingerprint density at radius 1 is 1.31 bits per heavy atom. The lowest BCUT2D eigenvalue weighted by molar-refractivity contribution is 0.464. The van der Waals surface area contributed by atoms with Gasteiger partial charge < -0.3 is 10.2 Å². The fourth-order valence-corrected chi connectivity index (χ4v) is 3.44. The monoisotopic (exact) mass is 354 g/mol. The molecule has 3 aromatic rings. The summed E-state index contributed by atoms with van der Waals surface area (Å²) in [6, 6.07) is 5.65. The van der Waals surface area contributed by atoms with Gasteiger partial charge in [-0.05, 0) is 32.3 Å². The summed E-state index contributed by atoms with van der Waals surface area (Å²) < 4.78 is 3.10. The molecule has 0 spiro atoms. The van der Waals surface area contributed by atoms with E-state index in [9.17, 15) is 4.79 Å². The van der Waals surface area contributed by atoms with Gasteiger partial charge >= 0.3 is 0 Å². The van der Waals surface area contributed by atoms with E-state index in [0.29, 0.717) is 11.8 Å². The summed E-state index contributed by atoms with van der Waals surface area (Å²) >= 11 is 0. The zero-order valence-corrected chi connectivity index (χ0v) is 15.0. The maximum absolute atomic E-state index is 11.6. The molecule has 1 aliphatic rings. The Labute approximate surface area is 150 Å². The van der Waals surface area contributed by atoms with Gasteiger partial charge in [-0.15, -0.1) is 0 Å². The van der Waals surface area contributed by atoms with Crippen LogP contribution in [0.25, 0.3) is 5.78 Å². The van der Waals surface area contributed by atoms with Crippen molar-refractivity contribution in [3.63, 3.8) is 0 Å². The molecule has 3 aromatic heterocycles. The summed E-state index contributed by atoms with van der Waals surface area (Å²) in [6.07, 6.45) is 4.89. The highest BCUT2D eigenvalue weighted by Crippen LogP contribution is 2.23. The highest BCUT2D eigenvalue weighted by molar-refractivity contribution is 5.46. The van der Waals surface area contributed by atoms with Gasteiger partial charge in [0.05, 0.1) is 0 Å². The molecule has 1 N–H and O–H groups in total. The number of rotatable bonds is 4. The second-order valence-corrected chi connectivity index (χ2v) is 6.63. The first-order valence-corrected chi connectivity index (χ1v) is 8.84. The van der Waals surface area contributed by atoms with E-state index in [1.54, 1.807) is 17.6 Å². The molecule has 9 nitrogen and oxygen atoms in total. The summed E-state index contributed by atoms with van der Waals surface area (Å²) in [7, 11) is 1.68. The first kappa shape index (κ1) is 16.5. The van der Waals surface area contributed by atoms with E-state index < -0.39 is 0 Å². The molecule has 4 rings (SSSR count).